The number of halogens is 2. The molecule has 1 aliphatic heterocycles. The number of carbonyl (C=O) groups is 2. The van der Waals surface area contributed by atoms with E-state index in [9.17, 15) is 14.7 Å². The summed E-state index contributed by atoms with van der Waals surface area (Å²) in [5, 5.41) is 12.0. The molecule has 1 heterocycles. The zero-order valence-corrected chi connectivity index (χ0v) is 13.8. The van der Waals surface area contributed by atoms with Crippen LogP contribution in [0.1, 0.15) is 17.3 Å². The Labute approximate surface area is 132 Å². The van der Waals surface area contributed by atoms with E-state index in [-0.39, 0.29) is 19.1 Å². The third-order valence-corrected chi connectivity index (χ3v) is 4.29. The summed E-state index contributed by atoms with van der Waals surface area (Å²) in [7, 11) is 0. The molecule has 1 fully saturated rings. The van der Waals surface area contributed by atoms with Crippen molar-refractivity contribution in [1.29, 1.82) is 0 Å². The number of carboxylic acids is 1. The van der Waals surface area contributed by atoms with Crippen molar-refractivity contribution >= 4 is 43.7 Å². The first-order chi connectivity index (χ1) is 9.33. The Kier molecular flexibility index (Phi) is 4.51. The maximum Gasteiger partial charge on any atom is 0.313 e. The van der Waals surface area contributed by atoms with Crippen LogP contribution in [0.3, 0.4) is 0 Å². The van der Waals surface area contributed by atoms with Crippen molar-refractivity contribution < 1.29 is 19.4 Å². The fraction of sp³-hybridized carbons (Fsp3) is 0.385. The normalized spacial score (nSPS) is 25.4. The van der Waals surface area contributed by atoms with E-state index in [2.05, 4.69) is 37.2 Å². The van der Waals surface area contributed by atoms with Crippen LogP contribution in [0.4, 0.5) is 0 Å². The quantitative estimate of drug-likeness (QED) is 0.808. The predicted molar refractivity (Wildman–Crippen MR) is 79.7 cm³/mol. The monoisotopic (exact) mass is 405 g/mol. The Bertz CT molecular complexity index is 543. The van der Waals surface area contributed by atoms with Crippen LogP contribution in [0.2, 0.25) is 0 Å². The van der Waals surface area contributed by atoms with Gasteiger partial charge in [-0.1, -0.05) is 31.9 Å². The molecule has 1 aromatic rings. The van der Waals surface area contributed by atoms with E-state index in [1.807, 2.05) is 6.07 Å². The highest BCUT2D eigenvalue weighted by Gasteiger charge is 2.47. The first-order valence-electron chi connectivity index (χ1n) is 5.91. The van der Waals surface area contributed by atoms with Gasteiger partial charge < -0.3 is 15.2 Å². The fourth-order valence-corrected chi connectivity index (χ4v) is 3.31. The lowest BCUT2D eigenvalue weighted by Gasteiger charge is -2.25. The van der Waals surface area contributed by atoms with Crippen molar-refractivity contribution in [3.8, 4) is 0 Å². The minimum Gasteiger partial charge on any atom is -0.481 e. The van der Waals surface area contributed by atoms with Crippen molar-refractivity contribution in [3.05, 3.63) is 32.7 Å². The summed E-state index contributed by atoms with van der Waals surface area (Å²) in [6.45, 7) is 1.86. The highest BCUT2D eigenvalue weighted by Crippen LogP contribution is 2.29. The number of aliphatic carboxylic acids is 1. The van der Waals surface area contributed by atoms with Crippen LogP contribution in [-0.2, 0) is 9.53 Å². The number of carbonyl (C=O) groups excluding carboxylic acids is 1. The van der Waals surface area contributed by atoms with Gasteiger partial charge in [0.25, 0.3) is 5.91 Å². The van der Waals surface area contributed by atoms with E-state index < -0.39 is 17.4 Å². The topological polar surface area (TPSA) is 75.6 Å². The molecule has 1 aromatic carbocycles. The number of hydrogen-bond acceptors (Lipinski definition) is 3. The van der Waals surface area contributed by atoms with Crippen LogP contribution >= 0.6 is 31.9 Å². The van der Waals surface area contributed by atoms with Crippen molar-refractivity contribution in [1.82, 2.24) is 5.32 Å². The Hall–Kier alpha value is -0.920. The van der Waals surface area contributed by atoms with Crippen LogP contribution in [0.15, 0.2) is 27.1 Å². The number of rotatable bonds is 3. The van der Waals surface area contributed by atoms with Crippen LogP contribution in [0.25, 0.3) is 0 Å². The number of nitrogens with one attached hydrogen (secondary N) is 1. The van der Waals surface area contributed by atoms with Gasteiger partial charge in [-0.15, -0.1) is 0 Å². The highest BCUT2D eigenvalue weighted by molar-refractivity contribution is 9.11. The van der Waals surface area contributed by atoms with Gasteiger partial charge in [-0.05, 0) is 25.1 Å². The first-order valence-corrected chi connectivity index (χ1v) is 7.49. The predicted octanol–water partition coefficient (Wildman–Crippen LogP) is 2.43. The maximum absolute atomic E-state index is 12.2. The molecule has 1 aliphatic rings. The van der Waals surface area contributed by atoms with Crippen molar-refractivity contribution in [3.63, 3.8) is 0 Å². The minimum atomic E-state index is -1.10. The molecule has 1 saturated heterocycles. The number of benzene rings is 1. The average Bonchev–Trinajstić information content (AvgIpc) is 2.71. The van der Waals surface area contributed by atoms with Gasteiger partial charge in [0.2, 0.25) is 0 Å². The standard InChI is InChI=1S/C13H13Br2NO4/c1-13(12(18)19)6-20-5-10(13)16-11(17)7-2-8(14)4-9(15)3-7/h2-4,10H,5-6H2,1H3,(H,16,17)(H,18,19). The lowest BCUT2D eigenvalue weighted by atomic mass is 9.85. The minimum absolute atomic E-state index is 0.0927. The lowest BCUT2D eigenvalue weighted by Crippen LogP contribution is -2.49. The van der Waals surface area contributed by atoms with E-state index in [1.165, 1.54) is 0 Å². The Morgan fingerprint density at radius 2 is 1.95 bits per heavy atom. The van der Waals surface area contributed by atoms with Gasteiger partial charge in [0.15, 0.2) is 0 Å². The number of ether oxygens (including phenoxy) is 1. The molecule has 2 N–H and O–H groups in total. The van der Waals surface area contributed by atoms with Gasteiger partial charge in [-0.2, -0.15) is 0 Å². The van der Waals surface area contributed by atoms with E-state index in [4.69, 9.17) is 4.74 Å². The molecule has 0 radical (unpaired) electrons. The van der Waals surface area contributed by atoms with Crippen LogP contribution < -0.4 is 5.32 Å². The largest absolute Gasteiger partial charge is 0.481 e. The van der Waals surface area contributed by atoms with Gasteiger partial charge in [0.1, 0.15) is 5.41 Å². The molecular weight excluding hydrogens is 394 g/mol. The number of amides is 1. The second kappa shape index (κ2) is 5.83. The zero-order valence-electron chi connectivity index (χ0n) is 10.7. The summed E-state index contributed by atoms with van der Waals surface area (Å²) in [6.07, 6.45) is 0. The van der Waals surface area contributed by atoms with E-state index >= 15 is 0 Å². The Morgan fingerprint density at radius 1 is 1.35 bits per heavy atom. The maximum atomic E-state index is 12.2. The zero-order chi connectivity index (χ0) is 14.9. The summed E-state index contributed by atoms with van der Waals surface area (Å²) in [5.41, 5.74) is -0.648. The molecule has 108 valence electrons. The summed E-state index contributed by atoms with van der Waals surface area (Å²) in [4.78, 5) is 23.5. The smallest absolute Gasteiger partial charge is 0.313 e. The van der Waals surface area contributed by atoms with E-state index in [0.717, 1.165) is 8.95 Å². The third kappa shape index (κ3) is 3.05. The third-order valence-electron chi connectivity index (χ3n) is 3.37. The SMILES string of the molecule is CC1(C(=O)O)COCC1NC(=O)c1cc(Br)cc(Br)c1. The fourth-order valence-electron chi connectivity index (χ4n) is 2.01. The summed E-state index contributed by atoms with van der Waals surface area (Å²) >= 11 is 6.62. The Morgan fingerprint density at radius 3 is 2.50 bits per heavy atom. The molecule has 0 bridgehead atoms. The second-order valence-corrected chi connectivity index (χ2v) is 6.75. The van der Waals surface area contributed by atoms with Crippen LogP contribution in [-0.4, -0.2) is 36.2 Å². The molecular formula is C13H13Br2NO4. The summed E-state index contributed by atoms with van der Waals surface area (Å²) < 4.78 is 6.73. The molecule has 0 aromatic heterocycles. The van der Waals surface area contributed by atoms with Gasteiger partial charge in [-0.3, -0.25) is 9.59 Å². The highest BCUT2D eigenvalue weighted by atomic mass is 79.9. The molecule has 1 amide bonds. The molecule has 2 rings (SSSR count). The van der Waals surface area contributed by atoms with Gasteiger partial charge in [0, 0.05) is 14.5 Å². The lowest BCUT2D eigenvalue weighted by molar-refractivity contribution is -0.148. The number of hydrogen-bond donors (Lipinski definition) is 2. The van der Waals surface area contributed by atoms with Gasteiger partial charge in [-0.25, -0.2) is 0 Å². The van der Waals surface area contributed by atoms with Gasteiger partial charge in [0.05, 0.1) is 19.3 Å². The molecule has 2 unspecified atom stereocenters. The molecule has 20 heavy (non-hydrogen) atoms. The Balaban J connectivity index is 2.17. The van der Waals surface area contributed by atoms with Crippen LogP contribution in [0.5, 0.6) is 0 Å². The van der Waals surface area contributed by atoms with Crippen LogP contribution in [0, 0.1) is 5.41 Å². The van der Waals surface area contributed by atoms with E-state index in [0.29, 0.717) is 5.56 Å². The molecule has 7 heteroatoms. The van der Waals surface area contributed by atoms with Crippen molar-refractivity contribution in [2.45, 2.75) is 13.0 Å². The summed E-state index contributed by atoms with van der Waals surface area (Å²) in [6, 6.07) is 4.61. The first kappa shape index (κ1) is 15.5. The average molecular weight is 407 g/mol. The molecule has 2 atom stereocenters. The van der Waals surface area contributed by atoms with Gasteiger partial charge >= 0.3 is 5.97 Å². The molecule has 0 aliphatic carbocycles. The second-order valence-electron chi connectivity index (χ2n) is 4.92. The number of carboxylic acid groups (broad SMARTS) is 1. The molecule has 0 spiro atoms. The van der Waals surface area contributed by atoms with Crippen molar-refractivity contribution in [2.24, 2.45) is 5.41 Å². The van der Waals surface area contributed by atoms with E-state index in [1.54, 1.807) is 19.1 Å². The molecule has 0 saturated carbocycles. The summed E-state index contributed by atoms with van der Waals surface area (Å²) in [5.74, 6) is -1.30. The van der Waals surface area contributed by atoms with Crippen molar-refractivity contribution in [2.75, 3.05) is 13.2 Å². The molecule has 5 nitrogen and oxygen atoms in total.